The van der Waals surface area contributed by atoms with Crippen LogP contribution in [0.15, 0.2) is 29.3 Å². The van der Waals surface area contributed by atoms with E-state index >= 15 is 0 Å². The number of nitro groups is 1. The molecule has 142 valence electrons. The molecular formula is C16H23IN6O2S. The predicted octanol–water partition coefficient (Wildman–Crippen LogP) is 3.06. The van der Waals surface area contributed by atoms with E-state index in [1.54, 1.807) is 30.5 Å². The average molecular weight is 490 g/mol. The highest BCUT2D eigenvalue weighted by Crippen LogP contribution is 2.16. The number of anilines is 1. The van der Waals surface area contributed by atoms with Crippen LogP contribution >= 0.6 is 35.3 Å². The molecule has 10 heteroatoms. The van der Waals surface area contributed by atoms with E-state index in [0.717, 1.165) is 16.4 Å². The smallest absolute Gasteiger partial charge is 0.269 e. The van der Waals surface area contributed by atoms with Crippen molar-refractivity contribution in [3.63, 3.8) is 0 Å². The maximum atomic E-state index is 10.6. The lowest BCUT2D eigenvalue weighted by molar-refractivity contribution is -0.384. The number of rotatable bonds is 7. The summed E-state index contributed by atoms with van der Waals surface area (Å²) in [6.45, 7) is 6.02. The number of benzene rings is 1. The maximum Gasteiger partial charge on any atom is 0.269 e. The number of hydrogen-bond acceptors (Lipinski definition) is 6. The highest BCUT2D eigenvalue weighted by molar-refractivity contribution is 14.0. The minimum Gasteiger partial charge on any atom is -0.383 e. The van der Waals surface area contributed by atoms with Crippen LogP contribution in [-0.4, -0.2) is 36.0 Å². The topological polar surface area (TPSA) is 104 Å². The Morgan fingerprint density at radius 3 is 2.46 bits per heavy atom. The standard InChI is InChI=1S/C16H22N6O2S.HI/c1-11-12(2)25-15(21-11)10-20-16(17-3)19-9-8-18-13-4-6-14(7-5-13)22(23)24;/h4-7,18H,8-10H2,1-3H3,(H2,17,19,20);1H. The fourth-order valence-corrected chi connectivity index (χ4v) is 2.96. The van der Waals surface area contributed by atoms with Gasteiger partial charge in [-0.15, -0.1) is 35.3 Å². The summed E-state index contributed by atoms with van der Waals surface area (Å²) in [6.07, 6.45) is 0. The van der Waals surface area contributed by atoms with Crippen LogP contribution in [-0.2, 0) is 6.54 Å². The van der Waals surface area contributed by atoms with Gasteiger partial charge in [0.2, 0.25) is 0 Å². The lowest BCUT2D eigenvalue weighted by Gasteiger charge is -2.12. The van der Waals surface area contributed by atoms with Gasteiger partial charge < -0.3 is 16.0 Å². The van der Waals surface area contributed by atoms with E-state index in [1.165, 1.54) is 17.0 Å². The highest BCUT2D eigenvalue weighted by atomic mass is 127. The average Bonchev–Trinajstić information content (AvgIpc) is 2.92. The summed E-state index contributed by atoms with van der Waals surface area (Å²) >= 11 is 1.68. The molecule has 0 aliphatic rings. The molecule has 2 rings (SSSR count). The summed E-state index contributed by atoms with van der Waals surface area (Å²) in [5.74, 6) is 0.705. The van der Waals surface area contributed by atoms with Crippen molar-refractivity contribution in [1.29, 1.82) is 0 Å². The van der Waals surface area contributed by atoms with E-state index < -0.39 is 4.92 Å². The predicted molar refractivity (Wildman–Crippen MR) is 117 cm³/mol. The molecule has 3 N–H and O–H groups in total. The summed E-state index contributed by atoms with van der Waals surface area (Å²) < 4.78 is 0. The van der Waals surface area contributed by atoms with Gasteiger partial charge in [-0.25, -0.2) is 4.98 Å². The second-order valence-electron chi connectivity index (χ2n) is 5.33. The molecule has 1 heterocycles. The van der Waals surface area contributed by atoms with Crippen LogP contribution in [0, 0.1) is 24.0 Å². The molecule has 0 atom stereocenters. The molecular weight excluding hydrogens is 467 g/mol. The van der Waals surface area contributed by atoms with Gasteiger partial charge in [-0.1, -0.05) is 0 Å². The summed E-state index contributed by atoms with van der Waals surface area (Å²) in [5.41, 5.74) is 1.99. The zero-order chi connectivity index (χ0) is 18.2. The van der Waals surface area contributed by atoms with E-state index in [0.29, 0.717) is 25.6 Å². The van der Waals surface area contributed by atoms with Gasteiger partial charge in [0.05, 0.1) is 17.2 Å². The number of aromatic nitrogens is 1. The number of hydrogen-bond donors (Lipinski definition) is 3. The fourth-order valence-electron chi connectivity index (χ4n) is 2.08. The van der Waals surface area contributed by atoms with E-state index in [9.17, 15) is 10.1 Å². The van der Waals surface area contributed by atoms with Crippen LogP contribution in [0.4, 0.5) is 11.4 Å². The zero-order valence-electron chi connectivity index (χ0n) is 14.9. The van der Waals surface area contributed by atoms with Gasteiger partial charge in [-0.2, -0.15) is 0 Å². The molecule has 8 nitrogen and oxygen atoms in total. The van der Waals surface area contributed by atoms with Gasteiger partial charge in [0, 0.05) is 42.8 Å². The molecule has 1 aromatic heterocycles. The number of aryl methyl sites for hydroxylation is 2. The molecule has 0 aliphatic carbocycles. The van der Waals surface area contributed by atoms with Crippen LogP contribution in [0.25, 0.3) is 0 Å². The number of nitrogens with zero attached hydrogens (tertiary/aromatic N) is 3. The molecule has 0 saturated heterocycles. The van der Waals surface area contributed by atoms with Gasteiger partial charge in [-0.3, -0.25) is 15.1 Å². The zero-order valence-corrected chi connectivity index (χ0v) is 18.1. The third-order valence-electron chi connectivity index (χ3n) is 3.53. The van der Waals surface area contributed by atoms with Gasteiger partial charge >= 0.3 is 0 Å². The molecule has 26 heavy (non-hydrogen) atoms. The molecule has 0 fully saturated rings. The molecule has 0 bridgehead atoms. The first kappa shape index (κ1) is 22.1. The highest BCUT2D eigenvalue weighted by Gasteiger charge is 2.05. The SMILES string of the molecule is CN=C(NCCNc1ccc([N+](=O)[O-])cc1)NCc1nc(C)c(C)s1.I. The fraction of sp³-hybridized carbons (Fsp3) is 0.375. The van der Waals surface area contributed by atoms with E-state index in [4.69, 9.17) is 0 Å². The lowest BCUT2D eigenvalue weighted by atomic mass is 10.3. The molecule has 2 aromatic rings. The summed E-state index contributed by atoms with van der Waals surface area (Å²) in [6, 6.07) is 6.35. The van der Waals surface area contributed by atoms with Crippen LogP contribution in [0.1, 0.15) is 15.6 Å². The Labute approximate surface area is 173 Å². The van der Waals surface area contributed by atoms with Crippen molar-refractivity contribution in [1.82, 2.24) is 15.6 Å². The van der Waals surface area contributed by atoms with Crippen molar-refractivity contribution in [3.8, 4) is 0 Å². The normalized spacial score (nSPS) is 10.8. The Morgan fingerprint density at radius 2 is 1.92 bits per heavy atom. The first-order chi connectivity index (χ1) is 12.0. The molecule has 0 radical (unpaired) electrons. The monoisotopic (exact) mass is 490 g/mol. The molecule has 0 unspecified atom stereocenters. The van der Waals surface area contributed by atoms with Crippen molar-refractivity contribution in [2.45, 2.75) is 20.4 Å². The second kappa shape index (κ2) is 10.9. The molecule has 0 aliphatic heterocycles. The van der Waals surface area contributed by atoms with Gasteiger partial charge in [0.1, 0.15) is 5.01 Å². The Morgan fingerprint density at radius 1 is 1.23 bits per heavy atom. The minimum absolute atomic E-state index is 0. The van der Waals surface area contributed by atoms with Crippen molar-refractivity contribution in [2.75, 3.05) is 25.5 Å². The number of nitrogens with one attached hydrogen (secondary N) is 3. The summed E-state index contributed by atoms with van der Waals surface area (Å²) in [4.78, 5) is 20.1. The van der Waals surface area contributed by atoms with Crippen LogP contribution in [0.2, 0.25) is 0 Å². The van der Waals surface area contributed by atoms with Crippen LogP contribution in [0.5, 0.6) is 0 Å². The van der Waals surface area contributed by atoms with Crippen LogP contribution in [0.3, 0.4) is 0 Å². The van der Waals surface area contributed by atoms with E-state index in [2.05, 4.69) is 32.9 Å². The maximum absolute atomic E-state index is 10.6. The van der Waals surface area contributed by atoms with Gasteiger partial charge in [-0.05, 0) is 26.0 Å². The number of guanidine groups is 1. The van der Waals surface area contributed by atoms with Crippen molar-refractivity contribution in [2.24, 2.45) is 4.99 Å². The van der Waals surface area contributed by atoms with E-state index in [1.807, 2.05) is 6.92 Å². The first-order valence-corrected chi connectivity index (χ1v) is 8.67. The van der Waals surface area contributed by atoms with Crippen LogP contribution < -0.4 is 16.0 Å². The largest absolute Gasteiger partial charge is 0.383 e. The quantitative estimate of drug-likeness (QED) is 0.138. The number of thiazole rings is 1. The number of nitro benzene ring substituents is 1. The minimum atomic E-state index is -0.410. The number of aliphatic imine (C=N–C) groups is 1. The van der Waals surface area contributed by atoms with Crippen molar-refractivity contribution >= 4 is 52.6 Å². The van der Waals surface area contributed by atoms with E-state index in [-0.39, 0.29) is 29.7 Å². The number of halogens is 1. The third kappa shape index (κ3) is 6.75. The molecule has 0 spiro atoms. The Kier molecular flexibility index (Phi) is 9.27. The first-order valence-electron chi connectivity index (χ1n) is 7.85. The van der Waals surface area contributed by atoms with Crippen molar-refractivity contribution < 1.29 is 4.92 Å². The second-order valence-corrected chi connectivity index (χ2v) is 6.62. The summed E-state index contributed by atoms with van der Waals surface area (Å²) in [7, 11) is 1.72. The van der Waals surface area contributed by atoms with Gasteiger partial charge in [0.15, 0.2) is 5.96 Å². The Balaban J connectivity index is 0.00000338. The third-order valence-corrected chi connectivity index (χ3v) is 4.60. The summed E-state index contributed by atoms with van der Waals surface area (Å²) in [5, 5.41) is 21.3. The van der Waals surface area contributed by atoms with Gasteiger partial charge in [0.25, 0.3) is 5.69 Å². The molecule has 0 amide bonds. The lowest BCUT2D eigenvalue weighted by Crippen LogP contribution is -2.39. The molecule has 1 aromatic carbocycles. The Bertz CT molecular complexity index is 728. The Hall–Kier alpha value is -1.95. The number of non-ortho nitro benzene ring substituents is 1. The molecule has 0 saturated carbocycles. The van der Waals surface area contributed by atoms with Crippen molar-refractivity contribution in [3.05, 3.63) is 50.0 Å².